The maximum Gasteiger partial charge on any atom is 0.239 e. The average molecular weight is 186 g/mol. The summed E-state index contributed by atoms with van der Waals surface area (Å²) < 4.78 is 0. The van der Waals surface area contributed by atoms with Crippen molar-refractivity contribution in [1.29, 1.82) is 0 Å². The normalized spacial score (nSPS) is 12.6. The Morgan fingerprint density at radius 1 is 1.38 bits per heavy atom. The zero-order valence-electron chi connectivity index (χ0n) is 8.46. The summed E-state index contributed by atoms with van der Waals surface area (Å²) in [6, 6.07) is -0.514. The summed E-state index contributed by atoms with van der Waals surface area (Å²) in [6.45, 7) is 5.50. The van der Waals surface area contributed by atoms with Crippen LogP contribution in [0.25, 0.3) is 0 Å². The lowest BCUT2D eigenvalue weighted by atomic mass is 10.1. The molecule has 0 radical (unpaired) electrons. The van der Waals surface area contributed by atoms with Crippen molar-refractivity contribution in [2.75, 3.05) is 0 Å². The standard InChI is InChI=1S/C9H18N2O2/c1-4-5-7(8(10)12)11-9(13)6(2)3/h6-7H,4-5H2,1-3H3,(H2,10,12)(H,11,13). The lowest BCUT2D eigenvalue weighted by Gasteiger charge is -2.15. The minimum Gasteiger partial charge on any atom is -0.368 e. The first-order chi connectivity index (χ1) is 5.99. The lowest BCUT2D eigenvalue weighted by molar-refractivity contribution is -0.129. The number of nitrogens with two attached hydrogens (primary N) is 1. The number of carbonyl (C=O) groups is 2. The van der Waals surface area contributed by atoms with Crippen molar-refractivity contribution < 1.29 is 9.59 Å². The van der Waals surface area contributed by atoms with Crippen LogP contribution in [0.2, 0.25) is 0 Å². The van der Waals surface area contributed by atoms with Crippen LogP contribution in [0.1, 0.15) is 33.6 Å². The van der Waals surface area contributed by atoms with Crippen molar-refractivity contribution in [3.8, 4) is 0 Å². The minimum absolute atomic E-state index is 0.112. The van der Waals surface area contributed by atoms with Gasteiger partial charge in [-0.05, 0) is 6.42 Å². The summed E-state index contributed by atoms with van der Waals surface area (Å²) in [5, 5.41) is 2.60. The van der Waals surface area contributed by atoms with E-state index in [4.69, 9.17) is 5.73 Å². The fourth-order valence-electron chi connectivity index (χ4n) is 0.913. The van der Waals surface area contributed by atoms with Crippen LogP contribution in [0.5, 0.6) is 0 Å². The molecule has 1 unspecified atom stereocenters. The first-order valence-corrected chi connectivity index (χ1v) is 4.58. The summed E-state index contributed by atoms with van der Waals surface area (Å²) in [4.78, 5) is 22.1. The van der Waals surface area contributed by atoms with Crippen LogP contribution >= 0.6 is 0 Å². The monoisotopic (exact) mass is 186 g/mol. The van der Waals surface area contributed by atoms with Gasteiger partial charge in [0.05, 0.1) is 0 Å². The fraction of sp³-hybridized carbons (Fsp3) is 0.778. The van der Waals surface area contributed by atoms with Gasteiger partial charge in [0.1, 0.15) is 6.04 Å². The number of hydrogen-bond donors (Lipinski definition) is 2. The largest absolute Gasteiger partial charge is 0.368 e. The second-order valence-electron chi connectivity index (χ2n) is 3.41. The molecular weight excluding hydrogens is 168 g/mol. The van der Waals surface area contributed by atoms with Gasteiger partial charge < -0.3 is 11.1 Å². The Kier molecular flexibility index (Phi) is 5.11. The summed E-state index contributed by atoms with van der Waals surface area (Å²) >= 11 is 0. The van der Waals surface area contributed by atoms with Gasteiger partial charge >= 0.3 is 0 Å². The van der Waals surface area contributed by atoms with E-state index in [0.29, 0.717) is 6.42 Å². The Morgan fingerprint density at radius 2 is 1.92 bits per heavy atom. The molecule has 0 bridgehead atoms. The molecule has 76 valence electrons. The molecule has 0 fully saturated rings. The number of rotatable bonds is 5. The van der Waals surface area contributed by atoms with Gasteiger partial charge in [-0.3, -0.25) is 9.59 Å². The van der Waals surface area contributed by atoms with E-state index in [0.717, 1.165) is 6.42 Å². The molecule has 0 aliphatic carbocycles. The van der Waals surface area contributed by atoms with Gasteiger partial charge in [-0.2, -0.15) is 0 Å². The summed E-state index contributed by atoms with van der Waals surface area (Å²) in [5.74, 6) is -0.702. The number of hydrogen-bond acceptors (Lipinski definition) is 2. The molecular formula is C9H18N2O2. The molecule has 0 spiro atoms. The molecule has 0 rings (SSSR count). The third kappa shape index (κ3) is 4.50. The molecule has 0 saturated heterocycles. The Balaban J connectivity index is 4.10. The van der Waals surface area contributed by atoms with Gasteiger partial charge in [-0.15, -0.1) is 0 Å². The van der Waals surface area contributed by atoms with E-state index < -0.39 is 11.9 Å². The highest BCUT2D eigenvalue weighted by Gasteiger charge is 2.18. The van der Waals surface area contributed by atoms with Crippen LogP contribution in [0.3, 0.4) is 0 Å². The molecule has 0 saturated carbocycles. The number of nitrogens with one attached hydrogen (secondary N) is 1. The first kappa shape index (κ1) is 11.9. The third-order valence-electron chi connectivity index (χ3n) is 1.76. The van der Waals surface area contributed by atoms with Crippen molar-refractivity contribution in [3.05, 3.63) is 0 Å². The van der Waals surface area contributed by atoms with Crippen LogP contribution in [0.4, 0.5) is 0 Å². The molecule has 0 aliphatic heterocycles. The molecule has 4 heteroatoms. The van der Waals surface area contributed by atoms with Crippen molar-refractivity contribution in [2.45, 2.75) is 39.7 Å². The van der Waals surface area contributed by atoms with Crippen LogP contribution < -0.4 is 11.1 Å². The molecule has 0 aromatic carbocycles. The molecule has 0 aromatic heterocycles. The topological polar surface area (TPSA) is 72.2 Å². The van der Waals surface area contributed by atoms with E-state index >= 15 is 0 Å². The predicted octanol–water partition coefficient (Wildman–Crippen LogP) is 0.413. The first-order valence-electron chi connectivity index (χ1n) is 4.58. The quantitative estimate of drug-likeness (QED) is 0.652. The molecule has 4 nitrogen and oxygen atoms in total. The number of amides is 2. The highest BCUT2D eigenvalue weighted by Crippen LogP contribution is 1.98. The van der Waals surface area contributed by atoms with Gasteiger partial charge in [-0.25, -0.2) is 0 Å². The SMILES string of the molecule is CCCC(NC(=O)C(C)C)C(N)=O. The van der Waals surface area contributed by atoms with Crippen molar-refractivity contribution >= 4 is 11.8 Å². The van der Waals surface area contributed by atoms with Gasteiger partial charge in [-0.1, -0.05) is 27.2 Å². The van der Waals surface area contributed by atoms with E-state index in [1.54, 1.807) is 13.8 Å². The second-order valence-corrected chi connectivity index (χ2v) is 3.41. The van der Waals surface area contributed by atoms with E-state index in [1.807, 2.05) is 6.92 Å². The second kappa shape index (κ2) is 5.56. The minimum atomic E-state index is -0.514. The molecule has 0 aromatic rings. The van der Waals surface area contributed by atoms with Crippen LogP contribution in [0, 0.1) is 5.92 Å². The smallest absolute Gasteiger partial charge is 0.239 e. The highest BCUT2D eigenvalue weighted by atomic mass is 16.2. The third-order valence-corrected chi connectivity index (χ3v) is 1.76. The van der Waals surface area contributed by atoms with Crippen LogP contribution in [0.15, 0.2) is 0 Å². The zero-order valence-corrected chi connectivity index (χ0v) is 8.46. The van der Waals surface area contributed by atoms with Crippen molar-refractivity contribution in [1.82, 2.24) is 5.32 Å². The lowest BCUT2D eigenvalue weighted by Crippen LogP contribution is -2.45. The summed E-state index contributed by atoms with van der Waals surface area (Å²) in [5.41, 5.74) is 5.12. The van der Waals surface area contributed by atoms with Crippen LogP contribution in [-0.4, -0.2) is 17.9 Å². The van der Waals surface area contributed by atoms with Gasteiger partial charge in [0.2, 0.25) is 11.8 Å². The average Bonchev–Trinajstić information content (AvgIpc) is 2.03. The van der Waals surface area contributed by atoms with Crippen molar-refractivity contribution in [3.63, 3.8) is 0 Å². The van der Waals surface area contributed by atoms with Gasteiger partial charge in [0.15, 0.2) is 0 Å². The highest BCUT2D eigenvalue weighted by molar-refractivity contribution is 5.87. The van der Waals surface area contributed by atoms with E-state index in [-0.39, 0.29) is 11.8 Å². The van der Waals surface area contributed by atoms with E-state index in [2.05, 4.69) is 5.32 Å². The maximum atomic E-state index is 11.2. The van der Waals surface area contributed by atoms with E-state index in [1.165, 1.54) is 0 Å². The Bertz CT molecular complexity index is 190. The molecule has 1 atom stereocenters. The Hall–Kier alpha value is -1.06. The van der Waals surface area contributed by atoms with Crippen molar-refractivity contribution in [2.24, 2.45) is 11.7 Å². The Morgan fingerprint density at radius 3 is 2.23 bits per heavy atom. The summed E-state index contributed by atoms with van der Waals surface area (Å²) in [7, 11) is 0. The Labute approximate surface area is 78.9 Å². The number of carbonyl (C=O) groups excluding carboxylic acids is 2. The predicted molar refractivity (Wildman–Crippen MR) is 50.9 cm³/mol. The van der Waals surface area contributed by atoms with Crippen LogP contribution in [-0.2, 0) is 9.59 Å². The zero-order chi connectivity index (χ0) is 10.4. The molecule has 0 heterocycles. The van der Waals surface area contributed by atoms with Gasteiger partial charge in [0.25, 0.3) is 0 Å². The maximum absolute atomic E-state index is 11.2. The molecule has 3 N–H and O–H groups in total. The van der Waals surface area contributed by atoms with Gasteiger partial charge in [0, 0.05) is 5.92 Å². The van der Waals surface area contributed by atoms with E-state index in [9.17, 15) is 9.59 Å². The molecule has 0 aliphatic rings. The number of primary amides is 1. The molecule has 2 amide bonds. The summed E-state index contributed by atoms with van der Waals surface area (Å²) in [6.07, 6.45) is 1.43. The molecule has 13 heavy (non-hydrogen) atoms. The fourth-order valence-corrected chi connectivity index (χ4v) is 0.913.